The molecule has 0 radical (unpaired) electrons. The smallest absolute Gasteiger partial charge is 0.341 e. The lowest BCUT2D eigenvalue weighted by molar-refractivity contribution is 0.0695. The molecule has 5 N–H and O–H groups in total. The van der Waals surface area contributed by atoms with Crippen molar-refractivity contribution >= 4 is 44.2 Å². The Morgan fingerprint density at radius 3 is 2.58 bits per heavy atom. The number of aliphatic hydroxyl groups excluding tert-OH is 1. The number of pyridine rings is 1. The number of aryl methyl sites for hydroxylation is 1. The first kappa shape index (κ1) is 23.1. The fourth-order valence-corrected chi connectivity index (χ4v) is 4.92. The quantitative estimate of drug-likeness (QED) is 0.380. The molecule has 174 valence electrons. The summed E-state index contributed by atoms with van der Waals surface area (Å²) in [6.07, 6.45) is 1.08. The number of rotatable bonds is 5. The van der Waals surface area contributed by atoms with E-state index >= 15 is 4.39 Å². The molecule has 0 aliphatic carbocycles. The maximum absolute atomic E-state index is 15.5. The van der Waals surface area contributed by atoms with Crippen molar-refractivity contribution in [3.05, 3.63) is 61.4 Å². The summed E-state index contributed by atoms with van der Waals surface area (Å²) in [7, 11) is 1.81. The van der Waals surface area contributed by atoms with Crippen LogP contribution in [-0.2, 0) is 6.61 Å². The van der Waals surface area contributed by atoms with E-state index in [2.05, 4.69) is 21.2 Å². The Balaban J connectivity index is 2.16. The van der Waals surface area contributed by atoms with Crippen LogP contribution in [0.25, 0.3) is 16.6 Å². The summed E-state index contributed by atoms with van der Waals surface area (Å²) in [6, 6.07) is 2.44. The summed E-state index contributed by atoms with van der Waals surface area (Å²) in [6.45, 7) is 1.88. The van der Waals surface area contributed by atoms with Crippen LogP contribution in [-0.4, -0.2) is 46.9 Å². The number of nitrogens with one attached hydrogen (secondary N) is 1. The first-order valence-electron chi connectivity index (χ1n) is 10.0. The van der Waals surface area contributed by atoms with Gasteiger partial charge in [-0.3, -0.25) is 4.79 Å². The second-order valence-corrected chi connectivity index (χ2v) is 8.72. The van der Waals surface area contributed by atoms with Crippen LogP contribution in [0.15, 0.2) is 27.6 Å². The van der Waals surface area contributed by atoms with Gasteiger partial charge in [-0.05, 0) is 42.0 Å². The van der Waals surface area contributed by atoms with E-state index in [4.69, 9.17) is 5.73 Å². The van der Waals surface area contributed by atoms with Gasteiger partial charge in [-0.25, -0.2) is 13.6 Å². The fourth-order valence-electron chi connectivity index (χ4n) is 4.11. The average Bonchev–Trinajstić information content (AvgIpc) is 2.74. The molecule has 0 amide bonds. The van der Waals surface area contributed by atoms with Crippen molar-refractivity contribution in [3.8, 4) is 5.69 Å². The summed E-state index contributed by atoms with van der Waals surface area (Å²) in [5.74, 6) is -2.90. The standard InChI is InChI=1S/C22H21BrF2N4O4/c1-9-16-19(17(23)20(18(9)25)28-5-11(6-28)27-2)29(7-12(21(16)31)22(32)33)15-4-14(26)13(24)3-10(15)8-30/h3-4,7,11,27,30H,5-6,8,26H2,1-2H3,(H,32,33). The van der Waals surface area contributed by atoms with E-state index in [9.17, 15) is 24.2 Å². The number of carboxylic acid groups (broad SMARTS) is 1. The van der Waals surface area contributed by atoms with Crippen LogP contribution in [0, 0.1) is 18.6 Å². The Morgan fingerprint density at radius 2 is 2.00 bits per heavy atom. The molecule has 1 aromatic heterocycles. The highest BCUT2D eigenvalue weighted by atomic mass is 79.9. The molecule has 2 aromatic carbocycles. The maximum Gasteiger partial charge on any atom is 0.341 e. The number of hydrogen-bond acceptors (Lipinski definition) is 6. The predicted octanol–water partition coefficient (Wildman–Crippen LogP) is 2.52. The van der Waals surface area contributed by atoms with Gasteiger partial charge in [0.2, 0.25) is 5.43 Å². The van der Waals surface area contributed by atoms with Crippen LogP contribution in [0.5, 0.6) is 0 Å². The Kier molecular flexibility index (Phi) is 5.89. The van der Waals surface area contributed by atoms with E-state index in [1.54, 1.807) is 11.9 Å². The van der Waals surface area contributed by atoms with Crippen LogP contribution in [0.3, 0.4) is 0 Å². The number of hydrogen-bond donors (Lipinski definition) is 4. The van der Waals surface area contributed by atoms with Gasteiger partial charge >= 0.3 is 5.97 Å². The number of aromatic nitrogens is 1. The van der Waals surface area contributed by atoms with E-state index in [1.807, 2.05) is 0 Å². The Labute approximate surface area is 195 Å². The third-order valence-electron chi connectivity index (χ3n) is 6.00. The molecule has 11 heteroatoms. The molecule has 8 nitrogen and oxygen atoms in total. The zero-order valence-corrected chi connectivity index (χ0v) is 19.3. The molecule has 0 saturated carbocycles. The van der Waals surface area contributed by atoms with Crippen molar-refractivity contribution in [3.63, 3.8) is 0 Å². The minimum atomic E-state index is -1.50. The largest absolute Gasteiger partial charge is 0.477 e. The molecule has 0 bridgehead atoms. The number of halogens is 3. The van der Waals surface area contributed by atoms with Crippen LogP contribution < -0.4 is 21.4 Å². The highest BCUT2D eigenvalue weighted by Gasteiger charge is 2.33. The van der Waals surface area contributed by atoms with E-state index in [1.165, 1.54) is 17.6 Å². The number of fused-ring (bicyclic) bond motifs is 1. The Morgan fingerprint density at radius 1 is 1.33 bits per heavy atom. The summed E-state index contributed by atoms with van der Waals surface area (Å²) >= 11 is 3.43. The highest BCUT2D eigenvalue weighted by molar-refractivity contribution is 9.10. The van der Waals surface area contributed by atoms with Gasteiger partial charge in [0.05, 0.1) is 39.0 Å². The Bertz CT molecular complexity index is 1370. The lowest BCUT2D eigenvalue weighted by Crippen LogP contribution is -2.57. The average molecular weight is 523 g/mol. The van der Waals surface area contributed by atoms with E-state index < -0.39 is 35.2 Å². The topological polar surface area (TPSA) is 121 Å². The normalized spacial score (nSPS) is 14.1. The molecule has 33 heavy (non-hydrogen) atoms. The number of anilines is 2. The lowest BCUT2D eigenvalue weighted by atomic mass is 10.0. The molecule has 0 unspecified atom stereocenters. The molecule has 1 fully saturated rings. The second-order valence-electron chi connectivity index (χ2n) is 7.92. The van der Waals surface area contributed by atoms with E-state index in [0.717, 1.165) is 12.3 Å². The van der Waals surface area contributed by atoms with Crippen molar-refractivity contribution in [1.29, 1.82) is 0 Å². The highest BCUT2D eigenvalue weighted by Crippen LogP contribution is 2.41. The molecule has 1 aliphatic heterocycles. The zero-order valence-electron chi connectivity index (χ0n) is 17.7. The van der Waals surface area contributed by atoms with Crippen molar-refractivity contribution in [1.82, 2.24) is 9.88 Å². The van der Waals surface area contributed by atoms with Gasteiger partial charge in [0.1, 0.15) is 11.4 Å². The van der Waals surface area contributed by atoms with Gasteiger partial charge in [0.25, 0.3) is 0 Å². The third-order valence-corrected chi connectivity index (χ3v) is 6.75. The number of nitrogen functional groups attached to an aromatic ring is 1. The first-order valence-corrected chi connectivity index (χ1v) is 10.8. The number of aliphatic hydroxyl groups is 1. The summed E-state index contributed by atoms with van der Waals surface area (Å²) in [5.41, 5.74) is 4.73. The third kappa shape index (κ3) is 3.56. The summed E-state index contributed by atoms with van der Waals surface area (Å²) in [4.78, 5) is 26.7. The molecule has 1 saturated heterocycles. The molecule has 2 heterocycles. The zero-order chi connectivity index (χ0) is 24.2. The van der Waals surface area contributed by atoms with Crippen molar-refractivity contribution in [2.45, 2.75) is 19.6 Å². The number of carboxylic acids is 1. The van der Waals surface area contributed by atoms with Crippen LogP contribution >= 0.6 is 15.9 Å². The van der Waals surface area contributed by atoms with Crippen LogP contribution in [0.2, 0.25) is 0 Å². The van der Waals surface area contributed by atoms with Gasteiger partial charge in [0, 0.05) is 36.5 Å². The van der Waals surface area contributed by atoms with Gasteiger partial charge in [-0.1, -0.05) is 0 Å². The van der Waals surface area contributed by atoms with Crippen molar-refractivity contribution in [2.24, 2.45) is 0 Å². The van der Waals surface area contributed by atoms with Gasteiger partial charge in [-0.2, -0.15) is 0 Å². The SMILES string of the molecule is CNC1CN(c2c(F)c(C)c3c(=O)c(C(=O)O)cn(-c4cc(N)c(F)cc4CO)c3c2Br)C1. The molecule has 0 atom stereocenters. The van der Waals surface area contributed by atoms with Gasteiger partial charge in [0.15, 0.2) is 5.82 Å². The monoisotopic (exact) mass is 522 g/mol. The predicted molar refractivity (Wildman–Crippen MR) is 124 cm³/mol. The van der Waals surface area contributed by atoms with E-state index in [-0.39, 0.29) is 49.6 Å². The fraction of sp³-hybridized carbons (Fsp3) is 0.273. The molecular weight excluding hydrogens is 502 g/mol. The lowest BCUT2D eigenvalue weighted by Gasteiger charge is -2.42. The number of carbonyl (C=O) groups is 1. The molecule has 3 aromatic rings. The van der Waals surface area contributed by atoms with E-state index in [0.29, 0.717) is 13.1 Å². The molecular formula is C22H21BrF2N4O4. The number of nitrogens with zero attached hydrogens (tertiary/aromatic N) is 2. The number of nitrogens with two attached hydrogens (primary N) is 1. The molecule has 0 spiro atoms. The molecule has 4 rings (SSSR count). The summed E-state index contributed by atoms with van der Waals surface area (Å²) < 4.78 is 31.1. The van der Waals surface area contributed by atoms with Crippen LogP contribution in [0.1, 0.15) is 21.5 Å². The van der Waals surface area contributed by atoms with Gasteiger partial charge in [-0.15, -0.1) is 0 Å². The van der Waals surface area contributed by atoms with Crippen molar-refractivity contribution < 1.29 is 23.8 Å². The second kappa shape index (κ2) is 8.40. The minimum Gasteiger partial charge on any atom is -0.477 e. The maximum atomic E-state index is 15.5. The number of benzene rings is 2. The Hall–Kier alpha value is -3.02. The first-order chi connectivity index (χ1) is 15.6. The minimum absolute atomic E-state index is 0.0152. The summed E-state index contributed by atoms with van der Waals surface area (Å²) in [5, 5.41) is 22.4. The van der Waals surface area contributed by atoms with Crippen LogP contribution in [0.4, 0.5) is 20.2 Å². The number of aromatic carboxylic acids is 1. The van der Waals surface area contributed by atoms with Gasteiger partial charge < -0.3 is 30.7 Å². The molecule has 1 aliphatic rings. The van der Waals surface area contributed by atoms with Crippen molar-refractivity contribution in [2.75, 3.05) is 30.8 Å². The number of likely N-dealkylation sites (N-methyl/N-ethyl adjacent to an activating group) is 1.